The molecule has 2 aromatic rings. The Kier molecular flexibility index (Phi) is 4.53. The lowest BCUT2D eigenvalue weighted by molar-refractivity contribution is 0.616. The smallest absolute Gasteiger partial charge is 0.222 e. The molecule has 0 amide bonds. The summed E-state index contributed by atoms with van der Waals surface area (Å²) in [5.41, 5.74) is 8.23. The molecule has 1 aromatic heterocycles. The quantitative estimate of drug-likeness (QED) is 0.878. The van der Waals surface area contributed by atoms with Gasteiger partial charge in [0.05, 0.1) is 0 Å². The first-order valence-corrected chi connectivity index (χ1v) is 7.84. The van der Waals surface area contributed by atoms with Crippen LogP contribution in [0.1, 0.15) is 17.7 Å². The molecule has 116 valence electrons. The van der Waals surface area contributed by atoms with Crippen LogP contribution in [-0.4, -0.2) is 36.1 Å². The highest BCUT2D eigenvalue weighted by Crippen LogP contribution is 2.20. The molecule has 0 unspecified atom stereocenters. The fraction of sp³-hybridized carbons (Fsp3) is 0.412. The van der Waals surface area contributed by atoms with Crippen molar-refractivity contribution in [3.63, 3.8) is 0 Å². The number of hydrogen-bond donors (Lipinski definition) is 2. The number of nitrogen functional groups attached to an aromatic ring is 1. The van der Waals surface area contributed by atoms with Crippen LogP contribution in [0.25, 0.3) is 0 Å². The maximum absolute atomic E-state index is 5.90. The first-order valence-electron chi connectivity index (χ1n) is 7.84. The third-order valence-electron chi connectivity index (χ3n) is 4.22. The molecule has 5 heteroatoms. The van der Waals surface area contributed by atoms with Crippen molar-refractivity contribution in [1.82, 2.24) is 15.3 Å². The molecule has 3 N–H and O–H groups in total. The van der Waals surface area contributed by atoms with E-state index >= 15 is 0 Å². The summed E-state index contributed by atoms with van der Waals surface area (Å²) in [5.74, 6) is 1.32. The molecule has 1 atom stereocenters. The zero-order valence-electron chi connectivity index (χ0n) is 13.0. The molecule has 5 nitrogen and oxygen atoms in total. The molecular weight excluding hydrogens is 274 g/mol. The fourth-order valence-corrected chi connectivity index (χ4v) is 2.91. The molecule has 0 bridgehead atoms. The highest BCUT2D eigenvalue weighted by Gasteiger charge is 2.22. The fourth-order valence-electron chi connectivity index (χ4n) is 2.91. The number of aromatic nitrogens is 2. The highest BCUT2D eigenvalue weighted by atomic mass is 15.2. The zero-order valence-corrected chi connectivity index (χ0v) is 13.0. The van der Waals surface area contributed by atoms with Crippen LogP contribution < -0.4 is 16.0 Å². The van der Waals surface area contributed by atoms with E-state index in [1.807, 2.05) is 13.1 Å². The minimum atomic E-state index is 0.369. The number of nitrogens with one attached hydrogen (secondary N) is 1. The number of nitrogens with zero attached hydrogens (tertiary/aromatic N) is 3. The van der Waals surface area contributed by atoms with Crippen LogP contribution in [0.2, 0.25) is 0 Å². The topological polar surface area (TPSA) is 67.1 Å². The van der Waals surface area contributed by atoms with Crippen molar-refractivity contribution in [3.05, 3.63) is 47.7 Å². The summed E-state index contributed by atoms with van der Waals surface area (Å²) in [7, 11) is 2.01. The van der Waals surface area contributed by atoms with Gasteiger partial charge < -0.3 is 16.0 Å². The van der Waals surface area contributed by atoms with Crippen LogP contribution in [-0.2, 0) is 12.8 Å². The molecule has 1 aliphatic heterocycles. The third-order valence-corrected chi connectivity index (χ3v) is 4.22. The Balaban J connectivity index is 1.70. The maximum atomic E-state index is 5.90. The second-order valence-corrected chi connectivity index (χ2v) is 5.78. The summed E-state index contributed by atoms with van der Waals surface area (Å²) in [6.07, 6.45) is 2.99. The lowest BCUT2D eigenvalue weighted by Crippen LogP contribution is -2.30. The number of anilines is 2. The number of nitrogens with two attached hydrogens (primary N) is 1. The van der Waals surface area contributed by atoms with Crippen molar-refractivity contribution < 1.29 is 0 Å². The van der Waals surface area contributed by atoms with Gasteiger partial charge in [-0.2, -0.15) is 4.98 Å². The molecule has 0 radical (unpaired) electrons. The molecule has 0 saturated carbocycles. The Morgan fingerprint density at radius 2 is 2.05 bits per heavy atom. The van der Waals surface area contributed by atoms with E-state index in [2.05, 4.69) is 50.5 Å². The van der Waals surface area contributed by atoms with Gasteiger partial charge in [-0.25, -0.2) is 4.98 Å². The summed E-state index contributed by atoms with van der Waals surface area (Å²) >= 11 is 0. The highest BCUT2D eigenvalue weighted by molar-refractivity contribution is 5.45. The molecular formula is C17H23N5. The molecule has 1 aromatic carbocycles. The Morgan fingerprint density at radius 1 is 1.23 bits per heavy atom. The van der Waals surface area contributed by atoms with Crippen molar-refractivity contribution in [2.75, 3.05) is 30.8 Å². The SMILES string of the molecule is CN[C@@H]1CCN(c2cc(CCc3ccccc3)nc(N)n2)C1. The summed E-state index contributed by atoms with van der Waals surface area (Å²) < 4.78 is 0. The van der Waals surface area contributed by atoms with Crippen LogP contribution >= 0.6 is 0 Å². The minimum Gasteiger partial charge on any atom is -0.368 e. The van der Waals surface area contributed by atoms with Gasteiger partial charge in [0.25, 0.3) is 0 Å². The average molecular weight is 297 g/mol. The van der Waals surface area contributed by atoms with Crippen molar-refractivity contribution in [1.29, 1.82) is 0 Å². The van der Waals surface area contributed by atoms with Gasteiger partial charge in [-0.05, 0) is 31.9 Å². The Morgan fingerprint density at radius 3 is 2.77 bits per heavy atom. The van der Waals surface area contributed by atoms with Gasteiger partial charge in [-0.15, -0.1) is 0 Å². The monoisotopic (exact) mass is 297 g/mol. The van der Waals surface area contributed by atoms with E-state index in [0.29, 0.717) is 12.0 Å². The summed E-state index contributed by atoms with van der Waals surface area (Å²) in [4.78, 5) is 11.1. The molecule has 22 heavy (non-hydrogen) atoms. The molecule has 1 saturated heterocycles. The van der Waals surface area contributed by atoms with Gasteiger partial charge in [0.15, 0.2) is 0 Å². The van der Waals surface area contributed by atoms with E-state index in [1.165, 1.54) is 5.56 Å². The number of benzene rings is 1. The molecule has 1 fully saturated rings. The summed E-state index contributed by atoms with van der Waals surface area (Å²) in [5, 5.41) is 3.32. The maximum Gasteiger partial charge on any atom is 0.222 e. The van der Waals surface area contributed by atoms with Gasteiger partial charge in [0, 0.05) is 30.9 Å². The van der Waals surface area contributed by atoms with Gasteiger partial charge in [-0.1, -0.05) is 30.3 Å². The van der Waals surface area contributed by atoms with E-state index < -0.39 is 0 Å². The Bertz CT molecular complexity index is 614. The predicted octanol–water partition coefficient (Wildman–Crippen LogP) is 1.64. The predicted molar refractivity (Wildman–Crippen MR) is 90.0 cm³/mol. The van der Waals surface area contributed by atoms with Gasteiger partial charge in [0.1, 0.15) is 5.82 Å². The largest absolute Gasteiger partial charge is 0.368 e. The second kappa shape index (κ2) is 6.75. The van der Waals surface area contributed by atoms with Crippen LogP contribution in [0.3, 0.4) is 0 Å². The van der Waals surface area contributed by atoms with Crippen LogP contribution in [0.4, 0.5) is 11.8 Å². The lowest BCUT2D eigenvalue weighted by Gasteiger charge is -2.18. The van der Waals surface area contributed by atoms with Crippen molar-refractivity contribution in [2.24, 2.45) is 0 Å². The molecule has 0 spiro atoms. The molecule has 2 heterocycles. The first kappa shape index (κ1) is 14.8. The Hall–Kier alpha value is -2.14. The van der Waals surface area contributed by atoms with Crippen LogP contribution in [0.15, 0.2) is 36.4 Å². The lowest BCUT2D eigenvalue weighted by atomic mass is 10.1. The number of likely N-dealkylation sites (N-methyl/N-ethyl adjacent to an activating group) is 1. The summed E-state index contributed by atoms with van der Waals surface area (Å²) in [6, 6.07) is 13.1. The molecule has 1 aliphatic rings. The Labute approximate surface area is 131 Å². The van der Waals surface area contributed by atoms with Gasteiger partial charge >= 0.3 is 0 Å². The molecule has 0 aliphatic carbocycles. The van der Waals surface area contributed by atoms with Crippen LogP contribution in [0, 0.1) is 0 Å². The normalized spacial score (nSPS) is 17.9. The van der Waals surface area contributed by atoms with Crippen molar-refractivity contribution >= 4 is 11.8 Å². The first-order chi connectivity index (χ1) is 10.7. The van der Waals surface area contributed by atoms with E-state index in [-0.39, 0.29) is 0 Å². The van der Waals surface area contributed by atoms with Gasteiger partial charge in [0.2, 0.25) is 5.95 Å². The summed E-state index contributed by atoms with van der Waals surface area (Å²) in [6.45, 7) is 1.99. The zero-order chi connectivity index (χ0) is 15.4. The second-order valence-electron chi connectivity index (χ2n) is 5.78. The average Bonchev–Trinajstić information content (AvgIpc) is 3.03. The number of rotatable bonds is 5. The van der Waals surface area contributed by atoms with E-state index in [4.69, 9.17) is 5.73 Å². The van der Waals surface area contributed by atoms with Crippen molar-refractivity contribution in [2.45, 2.75) is 25.3 Å². The number of aryl methyl sites for hydroxylation is 2. The van der Waals surface area contributed by atoms with Crippen LogP contribution in [0.5, 0.6) is 0 Å². The minimum absolute atomic E-state index is 0.369. The third kappa shape index (κ3) is 3.54. The standard InChI is InChI=1S/C17H23N5/c1-19-15-9-10-22(12-15)16-11-14(20-17(18)21-16)8-7-13-5-3-2-4-6-13/h2-6,11,15,19H,7-10,12H2,1H3,(H2,18,20,21)/t15-/m1/s1. The van der Waals surface area contributed by atoms with E-state index in [9.17, 15) is 0 Å². The molecule has 3 rings (SSSR count). The van der Waals surface area contributed by atoms with E-state index in [0.717, 1.165) is 43.9 Å². The van der Waals surface area contributed by atoms with Gasteiger partial charge in [-0.3, -0.25) is 0 Å². The number of hydrogen-bond acceptors (Lipinski definition) is 5. The van der Waals surface area contributed by atoms with Crippen molar-refractivity contribution in [3.8, 4) is 0 Å². The van der Waals surface area contributed by atoms with E-state index in [1.54, 1.807) is 0 Å².